The molecular formula is C89H114Br4N8O26S. The number of nitrogens with two attached hydrogens (primary N) is 1. The van der Waals surface area contributed by atoms with Crippen molar-refractivity contribution in [2.24, 2.45) is 5.73 Å². The number of nitrogens with one attached hydrogen (secondary N) is 2. The van der Waals surface area contributed by atoms with Crippen LogP contribution in [0.5, 0.6) is 17.2 Å². The summed E-state index contributed by atoms with van der Waals surface area (Å²) in [7, 11) is 2.85. The van der Waals surface area contributed by atoms with E-state index in [1.807, 2.05) is 18.2 Å². The molecule has 128 heavy (non-hydrogen) atoms. The average molecular weight is 2060 g/mol. The number of aromatic nitrogens is 4. The largest absolute Gasteiger partial charge is 0.507 e. The number of amides is 2. The number of ketones is 7. The Kier molecular flexibility index (Phi) is 43.4. The average Bonchev–Trinajstić information content (AvgIpc) is 0.861. The Bertz CT molecular complexity index is 4760. The topological polar surface area (TPSA) is 448 Å². The molecule has 5 heterocycles. The highest BCUT2D eigenvalue weighted by atomic mass is 79.9. The van der Waals surface area contributed by atoms with Gasteiger partial charge in [0.1, 0.15) is 40.5 Å². The lowest BCUT2D eigenvalue weighted by atomic mass is 9.72. The Hall–Kier alpha value is -6.78. The maximum absolute atomic E-state index is 14.3. The predicted molar refractivity (Wildman–Crippen MR) is 485 cm³/mol. The van der Waals surface area contributed by atoms with Crippen LogP contribution in [0.25, 0.3) is 22.1 Å². The van der Waals surface area contributed by atoms with Crippen molar-refractivity contribution in [3.63, 3.8) is 0 Å². The number of morpholine rings is 1. The monoisotopic (exact) mass is 2060 g/mol. The molecule has 5 aliphatic rings. The molecule has 39 heteroatoms. The number of methoxy groups -OCH3 is 2. The van der Waals surface area contributed by atoms with Gasteiger partial charge >= 0.3 is 0 Å². The van der Waals surface area contributed by atoms with Gasteiger partial charge in [-0.1, -0.05) is 75.9 Å². The smallest absolute Gasteiger partial charge is 0.252 e. The van der Waals surface area contributed by atoms with Gasteiger partial charge in [0.05, 0.1) is 192 Å². The van der Waals surface area contributed by atoms with Crippen molar-refractivity contribution in [1.82, 2.24) is 35.5 Å². The number of fused-ring (bicyclic) bond motifs is 8. The molecule has 2 aromatic heterocycles. The number of halogens is 4. The van der Waals surface area contributed by atoms with Crippen LogP contribution in [0.1, 0.15) is 183 Å². The summed E-state index contributed by atoms with van der Waals surface area (Å²) in [6.07, 6.45) is -0.997. The van der Waals surface area contributed by atoms with Crippen LogP contribution in [-0.2, 0) is 113 Å². The lowest BCUT2D eigenvalue weighted by molar-refractivity contribution is -0.256. The number of benzene rings is 4. The molecule has 8 atom stereocenters. The molecule has 0 unspecified atom stereocenters. The minimum absolute atomic E-state index is 0.00670. The first-order valence-electron chi connectivity index (χ1n) is 42.9. The maximum atomic E-state index is 14.3. The van der Waals surface area contributed by atoms with E-state index in [1.54, 1.807) is 25.1 Å². The number of phenols is 2. The molecule has 3 saturated heterocycles. The zero-order valence-electron chi connectivity index (χ0n) is 72.2. The van der Waals surface area contributed by atoms with Gasteiger partial charge in [0.25, 0.3) is 5.91 Å². The molecule has 3 aliphatic heterocycles. The number of hydrogen-bond acceptors (Lipinski definition) is 33. The number of aromatic hydroxyl groups is 2. The van der Waals surface area contributed by atoms with Crippen LogP contribution < -0.4 is 21.1 Å². The van der Waals surface area contributed by atoms with Crippen molar-refractivity contribution in [2.45, 2.75) is 167 Å². The number of rotatable bonds is 57. The Morgan fingerprint density at radius 1 is 0.586 bits per heavy atom. The molecule has 7 N–H and O–H groups in total. The molecule has 2 aliphatic carbocycles. The fourth-order valence-electron chi connectivity index (χ4n) is 15.3. The van der Waals surface area contributed by atoms with E-state index in [9.17, 15) is 58.5 Å². The fraction of sp³-hybridized carbons (Fsp3) is 0.584. The first-order valence-corrected chi connectivity index (χ1v) is 48.6. The van der Waals surface area contributed by atoms with E-state index >= 15 is 0 Å². The highest BCUT2D eigenvalue weighted by Crippen LogP contribution is 2.53. The first kappa shape index (κ1) is 103. The lowest BCUT2D eigenvalue weighted by Crippen LogP contribution is -2.55. The third-order valence-electron chi connectivity index (χ3n) is 21.9. The van der Waals surface area contributed by atoms with E-state index in [0.29, 0.717) is 202 Å². The SMILES string of the molecule is COc1cccc2c1C(=O)c1c(O)c3c(c(O)c1C2=O)C[C@@](O)(C(=O)NCC(=O)CCSCC(=O)NCCCC(=O)CCOCCOCCOCCOCCCC(=O)c1ccc2nc(CBr)c(CBr)nc2c1)C[C@@H]3O[C@H]1C[C@H]2[C@H](O[C@@H]3[C@@H](OC)OCCN32)[C@H](C)O1.NCCCC(=O)CCOCCOCCOCCOCCCC(=O)c1ccc2nc(CBr)c(CBr)nc2c1. The number of carbonyl (C=O) groups excluding carboxylic acids is 9. The van der Waals surface area contributed by atoms with Gasteiger partial charge in [-0.05, 0) is 81.6 Å². The van der Waals surface area contributed by atoms with Gasteiger partial charge in [0, 0.05) is 159 Å². The van der Waals surface area contributed by atoms with E-state index in [0.717, 1.165) is 45.7 Å². The van der Waals surface area contributed by atoms with Crippen LogP contribution in [0.3, 0.4) is 0 Å². The first-order chi connectivity index (χ1) is 62.1. The van der Waals surface area contributed by atoms with Crippen LogP contribution >= 0.6 is 75.5 Å². The van der Waals surface area contributed by atoms with Crippen LogP contribution in [-0.4, -0.2) is 299 Å². The Morgan fingerprint density at radius 3 is 1.62 bits per heavy atom. The highest BCUT2D eigenvalue weighted by Gasteiger charge is 2.56. The molecule has 0 spiro atoms. The van der Waals surface area contributed by atoms with E-state index < -0.39 is 108 Å². The van der Waals surface area contributed by atoms with Crippen LogP contribution in [0, 0.1) is 0 Å². The van der Waals surface area contributed by atoms with Gasteiger partial charge in [-0.2, -0.15) is 11.8 Å². The summed E-state index contributed by atoms with van der Waals surface area (Å²) in [6.45, 7) is 9.57. The summed E-state index contributed by atoms with van der Waals surface area (Å²) in [6, 6.07) is 15.0. The Morgan fingerprint density at radius 2 is 1.10 bits per heavy atom. The van der Waals surface area contributed by atoms with Crippen LogP contribution in [0.4, 0.5) is 0 Å². The number of carbonyl (C=O) groups is 9. The number of alkyl halides is 4. The van der Waals surface area contributed by atoms with E-state index in [2.05, 4.69) is 99.2 Å². The van der Waals surface area contributed by atoms with Crippen molar-refractivity contribution < 1.29 is 125 Å². The normalized spacial score (nSPS) is 19.3. The second kappa shape index (κ2) is 53.8. The van der Waals surface area contributed by atoms with Gasteiger partial charge in [0.2, 0.25) is 11.7 Å². The summed E-state index contributed by atoms with van der Waals surface area (Å²) < 4.78 is 80.1. The summed E-state index contributed by atoms with van der Waals surface area (Å²) in [5.74, 6) is -4.06. The van der Waals surface area contributed by atoms with Crippen molar-refractivity contribution in [3.8, 4) is 17.2 Å². The molecule has 3 fully saturated rings. The van der Waals surface area contributed by atoms with E-state index in [4.69, 9.17) is 72.0 Å². The summed E-state index contributed by atoms with van der Waals surface area (Å²) in [5, 5.41) is 44.1. The van der Waals surface area contributed by atoms with Gasteiger partial charge in [-0.3, -0.25) is 48.1 Å². The van der Waals surface area contributed by atoms with Crippen LogP contribution in [0.15, 0.2) is 54.6 Å². The summed E-state index contributed by atoms with van der Waals surface area (Å²) in [5.41, 5.74) is 9.08. The highest BCUT2D eigenvalue weighted by molar-refractivity contribution is 9.09. The Labute approximate surface area is 780 Å². The summed E-state index contributed by atoms with van der Waals surface area (Å²) in [4.78, 5) is 138. The second-order valence-electron chi connectivity index (χ2n) is 30.8. The maximum Gasteiger partial charge on any atom is 0.252 e. The van der Waals surface area contributed by atoms with Crippen molar-refractivity contribution in [1.29, 1.82) is 0 Å². The number of nitrogens with zero attached hydrogens (tertiary/aromatic N) is 5. The number of hydrogen-bond donors (Lipinski definition) is 6. The zero-order chi connectivity index (χ0) is 91.5. The van der Waals surface area contributed by atoms with Crippen molar-refractivity contribution in [2.75, 3.05) is 164 Å². The number of Topliss-reactive ketones (excluding diaryl/α,β-unsaturated/α-hetero) is 5. The molecule has 0 saturated carbocycles. The van der Waals surface area contributed by atoms with E-state index in [-0.39, 0.29) is 113 Å². The van der Waals surface area contributed by atoms with Gasteiger partial charge in [-0.25, -0.2) is 19.9 Å². The quantitative estimate of drug-likeness (QED) is 0.00894. The molecule has 0 radical (unpaired) electrons. The molecule has 2 amide bonds. The standard InChI is InChI=1S/C63H77Br2N5O20S.C26H37Br2N3O6/c1-35-59-45(70-16-19-87-61(82-3)60(70)90-59)28-50(88-35)89-48-30-63(80,29-40-52(48)58(78)54-53(56(40)76)55(75)39-8-4-10-47(81-2)51(39)57(54)77)62(79)67-33-38(72)14-26-91-34-49(74)66-15-5-7-37(71)13-18-84-21-23-86-25-24-85-22-20-83-17-6-9-46(73)36-11-12-41-42(27-36)69-44(32-65)43(31-64)68-41;27-18-24-25(19-28)31-23-17-20(5-6-22(23)30-24)26(33)4-2-9-34-11-13-36-15-16-37-14-12-35-10-7-21(32)3-1-8-29/h4,8,10-12,27,35,45,48,50,59-61,76,78,80H,5-7,9,13-26,28-34H2,1-3H3,(H,66,74)(H,67,79);5-6,17H,1-4,7-16,18-19,29H2/t35-,45-,48-,50-,59+,60+,61-,63-;/m0./s1. The molecular weight excluding hydrogens is 1950 g/mol. The molecule has 4 aromatic carbocycles. The number of phenolic OH excluding ortho intramolecular Hbond substituents is 2. The second-order valence-corrected chi connectivity index (χ2v) is 34.1. The third kappa shape index (κ3) is 29.4. The third-order valence-corrected chi connectivity index (χ3v) is 25.0. The lowest BCUT2D eigenvalue weighted by Gasteiger charge is -2.43. The van der Waals surface area contributed by atoms with Gasteiger partial charge < -0.3 is 98.0 Å². The summed E-state index contributed by atoms with van der Waals surface area (Å²) >= 11 is 15.0. The molecule has 11 rings (SSSR count). The van der Waals surface area contributed by atoms with Gasteiger partial charge in [0.15, 0.2) is 41.9 Å². The van der Waals surface area contributed by atoms with Crippen molar-refractivity contribution in [3.05, 3.63) is 122 Å². The number of thioether (sulfide) groups is 1. The predicted octanol–water partition coefficient (Wildman–Crippen LogP) is 9.42. The molecule has 0 bridgehead atoms. The van der Waals surface area contributed by atoms with Crippen molar-refractivity contribution >= 4 is 150 Å². The number of ether oxygens (including phenoxy) is 14. The van der Waals surface area contributed by atoms with Crippen LogP contribution in [0.2, 0.25) is 0 Å². The van der Waals surface area contributed by atoms with E-state index in [1.165, 1.54) is 44.2 Å². The van der Waals surface area contributed by atoms with Gasteiger partial charge in [-0.15, -0.1) is 0 Å². The fourth-order valence-corrected chi connectivity index (χ4v) is 17.9. The minimum Gasteiger partial charge on any atom is -0.507 e. The zero-order valence-corrected chi connectivity index (χ0v) is 79.4. The minimum atomic E-state index is -2.39. The Balaban J connectivity index is 0.000000385. The number of aliphatic hydroxyl groups is 1. The molecule has 700 valence electrons. The molecule has 34 nitrogen and oxygen atoms in total. The molecule has 6 aromatic rings.